The normalized spacial score (nSPS) is 11.9. The summed E-state index contributed by atoms with van der Waals surface area (Å²) in [7, 11) is 0. The van der Waals surface area contributed by atoms with Crippen molar-refractivity contribution >= 4 is 11.6 Å². The zero-order chi connectivity index (χ0) is 15.2. The summed E-state index contributed by atoms with van der Waals surface area (Å²) < 4.78 is 41.1. The first-order valence-corrected chi connectivity index (χ1v) is 6.84. The van der Waals surface area contributed by atoms with Gasteiger partial charge in [0.05, 0.1) is 18.1 Å². The average molecular weight is 310 g/mol. The van der Waals surface area contributed by atoms with E-state index in [9.17, 15) is 13.2 Å². The van der Waals surface area contributed by atoms with Crippen molar-refractivity contribution < 1.29 is 17.9 Å². The molecule has 0 saturated heterocycles. The van der Waals surface area contributed by atoms with Crippen molar-refractivity contribution in [1.29, 1.82) is 0 Å². The molecule has 0 aliphatic rings. The third-order valence-corrected chi connectivity index (χ3v) is 2.82. The van der Waals surface area contributed by atoms with Gasteiger partial charge in [-0.05, 0) is 30.2 Å². The average Bonchev–Trinajstić information content (AvgIpc) is 2.30. The Balaban J connectivity index is 2.47. The predicted molar refractivity (Wildman–Crippen MR) is 74.2 cm³/mol. The maximum Gasteiger partial charge on any atom is 0.392 e. The van der Waals surface area contributed by atoms with Gasteiger partial charge in [-0.25, -0.2) is 0 Å². The molecule has 1 aromatic rings. The molecule has 1 N–H and O–H groups in total. The number of hydrogen-bond acceptors (Lipinski definition) is 2. The van der Waals surface area contributed by atoms with E-state index in [-0.39, 0.29) is 5.75 Å². The van der Waals surface area contributed by atoms with Gasteiger partial charge in [-0.3, -0.25) is 0 Å². The second kappa shape index (κ2) is 7.74. The lowest BCUT2D eigenvalue weighted by atomic mass is 10.2. The minimum atomic E-state index is -4.22. The lowest BCUT2D eigenvalue weighted by Gasteiger charge is -2.12. The molecule has 0 bridgehead atoms. The Labute approximate surface area is 122 Å². The topological polar surface area (TPSA) is 21.3 Å². The van der Waals surface area contributed by atoms with Crippen LogP contribution in [-0.2, 0) is 6.54 Å². The highest BCUT2D eigenvalue weighted by Gasteiger charge is 2.26. The monoisotopic (exact) mass is 309 g/mol. The van der Waals surface area contributed by atoms with Crippen molar-refractivity contribution in [1.82, 2.24) is 5.32 Å². The molecule has 0 heterocycles. The lowest BCUT2D eigenvalue weighted by molar-refractivity contribution is -0.139. The van der Waals surface area contributed by atoms with E-state index in [2.05, 4.69) is 19.2 Å². The number of ether oxygens (including phenoxy) is 1. The summed E-state index contributed by atoms with van der Waals surface area (Å²) in [5.41, 5.74) is 0.971. The van der Waals surface area contributed by atoms with Crippen LogP contribution in [0.2, 0.25) is 5.02 Å². The molecule has 1 rings (SSSR count). The maximum absolute atomic E-state index is 12.0. The summed E-state index contributed by atoms with van der Waals surface area (Å²) in [4.78, 5) is 0. The van der Waals surface area contributed by atoms with Gasteiger partial charge in [0, 0.05) is 6.54 Å². The molecular formula is C14H19ClF3NO. The number of alkyl halides is 3. The van der Waals surface area contributed by atoms with Gasteiger partial charge >= 0.3 is 6.18 Å². The summed E-state index contributed by atoms with van der Waals surface area (Å²) in [5.74, 6) is 0.832. The molecule has 0 aliphatic carbocycles. The number of halogens is 4. The fraction of sp³-hybridized carbons (Fsp3) is 0.571. The number of nitrogens with one attached hydrogen (secondary N) is 1. The maximum atomic E-state index is 12.0. The van der Waals surface area contributed by atoms with Crippen molar-refractivity contribution in [2.24, 2.45) is 5.92 Å². The third kappa shape index (κ3) is 7.01. The van der Waals surface area contributed by atoms with Crippen molar-refractivity contribution in [2.45, 2.75) is 33.0 Å². The molecule has 0 aromatic heterocycles. The molecular weight excluding hydrogens is 291 g/mol. The van der Waals surface area contributed by atoms with E-state index in [1.165, 1.54) is 0 Å². The minimum Gasteiger partial charge on any atom is -0.492 e. The van der Waals surface area contributed by atoms with Crippen LogP contribution in [0.1, 0.15) is 25.8 Å². The fourth-order valence-corrected chi connectivity index (χ4v) is 1.81. The molecule has 0 unspecified atom stereocenters. The summed E-state index contributed by atoms with van der Waals surface area (Å²) in [6, 6.07) is 5.10. The van der Waals surface area contributed by atoms with Crippen LogP contribution in [0.4, 0.5) is 13.2 Å². The predicted octanol–water partition coefficient (Wildman–Crippen LogP) is 4.42. The van der Waals surface area contributed by atoms with Gasteiger partial charge in [-0.2, -0.15) is 13.2 Å². The van der Waals surface area contributed by atoms with Crippen molar-refractivity contribution in [2.75, 3.05) is 13.2 Å². The SMILES string of the molecule is CC(C)CNCc1ccc(OCCC(F)(F)F)c(Cl)c1. The van der Waals surface area contributed by atoms with Crippen LogP contribution < -0.4 is 10.1 Å². The highest BCUT2D eigenvalue weighted by atomic mass is 35.5. The first-order valence-electron chi connectivity index (χ1n) is 6.46. The Hall–Kier alpha value is -0.940. The van der Waals surface area contributed by atoms with Crippen LogP contribution in [0.3, 0.4) is 0 Å². The van der Waals surface area contributed by atoms with Crippen LogP contribution in [-0.4, -0.2) is 19.3 Å². The summed E-state index contributed by atoms with van der Waals surface area (Å²) >= 11 is 5.99. The highest BCUT2D eigenvalue weighted by molar-refractivity contribution is 6.32. The molecule has 0 fully saturated rings. The Morgan fingerprint density at radius 2 is 2.00 bits per heavy atom. The molecule has 0 radical (unpaired) electrons. The Kier molecular flexibility index (Phi) is 6.62. The molecule has 0 aliphatic heterocycles. The molecule has 0 spiro atoms. The molecule has 20 heavy (non-hydrogen) atoms. The third-order valence-electron chi connectivity index (χ3n) is 2.52. The second-order valence-corrected chi connectivity index (χ2v) is 5.41. The molecule has 114 valence electrons. The smallest absolute Gasteiger partial charge is 0.392 e. The van der Waals surface area contributed by atoms with Crippen LogP contribution >= 0.6 is 11.6 Å². The number of benzene rings is 1. The zero-order valence-electron chi connectivity index (χ0n) is 11.6. The van der Waals surface area contributed by atoms with E-state index in [0.29, 0.717) is 17.5 Å². The van der Waals surface area contributed by atoms with Crippen LogP contribution in [0.25, 0.3) is 0 Å². The fourth-order valence-electron chi connectivity index (χ4n) is 1.55. The first-order chi connectivity index (χ1) is 9.28. The highest BCUT2D eigenvalue weighted by Crippen LogP contribution is 2.27. The molecule has 6 heteroatoms. The lowest BCUT2D eigenvalue weighted by Crippen LogP contribution is -2.18. The van der Waals surface area contributed by atoms with E-state index in [1.54, 1.807) is 18.2 Å². The van der Waals surface area contributed by atoms with E-state index in [0.717, 1.165) is 12.1 Å². The number of rotatable bonds is 7. The van der Waals surface area contributed by atoms with E-state index in [4.69, 9.17) is 16.3 Å². The molecule has 1 aromatic carbocycles. The van der Waals surface area contributed by atoms with Crippen molar-refractivity contribution in [3.8, 4) is 5.75 Å². The Morgan fingerprint density at radius 1 is 1.30 bits per heavy atom. The summed E-state index contributed by atoms with van der Waals surface area (Å²) in [6.07, 6.45) is -5.20. The molecule has 0 saturated carbocycles. The first kappa shape index (κ1) is 17.1. The summed E-state index contributed by atoms with van der Waals surface area (Å²) in [6.45, 7) is 5.35. The molecule has 0 atom stereocenters. The van der Waals surface area contributed by atoms with Crippen LogP contribution in [0.15, 0.2) is 18.2 Å². The quantitative estimate of drug-likeness (QED) is 0.805. The molecule has 2 nitrogen and oxygen atoms in total. The van der Waals surface area contributed by atoms with Crippen molar-refractivity contribution in [3.63, 3.8) is 0 Å². The van der Waals surface area contributed by atoms with E-state index in [1.807, 2.05) is 0 Å². The zero-order valence-corrected chi connectivity index (χ0v) is 12.3. The minimum absolute atomic E-state index is 0.281. The van der Waals surface area contributed by atoms with Gasteiger partial charge in [-0.15, -0.1) is 0 Å². The van der Waals surface area contributed by atoms with Crippen LogP contribution in [0.5, 0.6) is 5.75 Å². The van der Waals surface area contributed by atoms with Gasteiger partial charge in [-0.1, -0.05) is 31.5 Å². The van der Waals surface area contributed by atoms with Crippen LogP contribution in [0, 0.1) is 5.92 Å². The standard InChI is InChI=1S/C14H19ClF3NO/c1-10(2)8-19-9-11-3-4-13(12(15)7-11)20-6-5-14(16,17)18/h3-4,7,10,19H,5-6,8-9H2,1-2H3. The van der Waals surface area contributed by atoms with E-state index >= 15 is 0 Å². The van der Waals surface area contributed by atoms with Gasteiger partial charge in [0.2, 0.25) is 0 Å². The van der Waals surface area contributed by atoms with Gasteiger partial charge in [0.1, 0.15) is 5.75 Å². The Bertz CT molecular complexity index is 421. The van der Waals surface area contributed by atoms with E-state index < -0.39 is 19.2 Å². The second-order valence-electron chi connectivity index (χ2n) is 5.00. The van der Waals surface area contributed by atoms with Crippen molar-refractivity contribution in [3.05, 3.63) is 28.8 Å². The largest absolute Gasteiger partial charge is 0.492 e. The van der Waals surface area contributed by atoms with Gasteiger partial charge in [0.25, 0.3) is 0 Å². The van der Waals surface area contributed by atoms with Gasteiger partial charge < -0.3 is 10.1 Å². The molecule has 0 amide bonds. The van der Waals surface area contributed by atoms with Gasteiger partial charge in [0.15, 0.2) is 0 Å². The summed E-state index contributed by atoms with van der Waals surface area (Å²) in [5, 5.41) is 3.59. The Morgan fingerprint density at radius 3 is 2.55 bits per heavy atom. The number of hydrogen-bond donors (Lipinski definition) is 1.